The number of halogens is 4. The molecule has 0 fully saturated rings. The van der Waals surface area contributed by atoms with Crippen LogP contribution in [0.2, 0.25) is 5.02 Å². The minimum Gasteiger partial charge on any atom is -0.741 e. The molecule has 0 aliphatic rings. The van der Waals surface area contributed by atoms with Gasteiger partial charge in [-0.05, 0) is 42.0 Å². The maximum atomic E-state index is 10.7. The Kier molecular flexibility index (Phi) is 6.92. The van der Waals surface area contributed by atoms with E-state index in [1.165, 1.54) is 0 Å². The van der Waals surface area contributed by atoms with Crippen molar-refractivity contribution < 1.29 is 35.8 Å². The van der Waals surface area contributed by atoms with Crippen molar-refractivity contribution in [2.75, 3.05) is 0 Å². The Balaban J connectivity index is 0.000000331. The molecule has 4 aromatic rings. The van der Waals surface area contributed by atoms with Gasteiger partial charge >= 0.3 is 5.51 Å². The van der Waals surface area contributed by atoms with Crippen molar-refractivity contribution in [3.63, 3.8) is 0 Å². The summed E-state index contributed by atoms with van der Waals surface area (Å²) in [7, 11) is -4.07. The summed E-state index contributed by atoms with van der Waals surface area (Å²) >= 11 is 6.13. The second-order valence-electron chi connectivity index (χ2n) is 6.83. The van der Waals surface area contributed by atoms with Gasteiger partial charge in [-0.1, -0.05) is 23.7 Å². The third-order valence-corrected chi connectivity index (χ3v) is 5.48. The standard InChI is InChI=1S/C21H15ClN2O.CHF3O3S/c1-24-17(10-6-15-4-8-16(22)13-19(15)24)9-5-14-7-11-20(25)21-18(14)3-2-12-23-21;2-1(3,4)8(5,6)7/h2-13H,1H3;(H,5,6,7). The van der Waals surface area contributed by atoms with Crippen LogP contribution >= 0.6 is 11.6 Å². The molecule has 11 heteroatoms. The molecule has 4 rings (SSSR count). The van der Waals surface area contributed by atoms with Gasteiger partial charge in [-0.25, -0.2) is 8.42 Å². The molecule has 0 amide bonds. The van der Waals surface area contributed by atoms with Crippen LogP contribution in [0.25, 0.3) is 34.0 Å². The number of aromatic nitrogens is 2. The second kappa shape index (κ2) is 9.34. The zero-order valence-electron chi connectivity index (χ0n) is 16.9. The van der Waals surface area contributed by atoms with Crippen LogP contribution in [0.5, 0.6) is 5.75 Å². The number of phenols is 1. The van der Waals surface area contributed by atoms with E-state index in [2.05, 4.69) is 27.8 Å². The van der Waals surface area contributed by atoms with Crippen LogP contribution in [0.4, 0.5) is 13.2 Å². The molecule has 2 heterocycles. The number of aromatic hydroxyl groups is 1. The van der Waals surface area contributed by atoms with Crippen LogP contribution in [-0.4, -0.2) is 28.6 Å². The monoisotopic (exact) mass is 496 g/mol. The summed E-state index contributed by atoms with van der Waals surface area (Å²) in [5, 5.41) is 12.8. The van der Waals surface area contributed by atoms with Gasteiger partial charge < -0.3 is 9.66 Å². The van der Waals surface area contributed by atoms with Gasteiger partial charge in [-0.2, -0.15) is 17.7 Å². The van der Waals surface area contributed by atoms with E-state index < -0.39 is 15.6 Å². The van der Waals surface area contributed by atoms with Gasteiger partial charge in [0.1, 0.15) is 18.3 Å². The SMILES string of the molecule is C[n+]1c(C=Cc2ccc(O)c3ncccc23)ccc2ccc(Cl)cc21.O=S(=O)([O-])C(F)(F)F. The molecule has 0 aliphatic carbocycles. The number of phenolic OH excluding ortho intramolecular Hbond substituents is 1. The van der Waals surface area contributed by atoms with Crippen molar-refractivity contribution in [3.8, 4) is 5.75 Å². The highest BCUT2D eigenvalue weighted by atomic mass is 35.5. The van der Waals surface area contributed by atoms with Crippen LogP contribution < -0.4 is 4.57 Å². The lowest BCUT2D eigenvalue weighted by molar-refractivity contribution is -0.646. The summed E-state index contributed by atoms with van der Waals surface area (Å²) in [6.07, 6.45) is 5.77. The Morgan fingerprint density at radius 1 is 1.09 bits per heavy atom. The van der Waals surface area contributed by atoms with Crippen LogP contribution in [0.1, 0.15) is 11.3 Å². The van der Waals surface area contributed by atoms with Crippen LogP contribution in [0.3, 0.4) is 0 Å². The summed E-state index contributed by atoms with van der Waals surface area (Å²) in [5.41, 5.74) is -1.90. The Labute approximate surface area is 191 Å². The predicted octanol–water partition coefficient (Wildman–Crippen LogP) is 4.79. The second-order valence-corrected chi connectivity index (χ2v) is 8.63. The molecule has 0 bridgehead atoms. The van der Waals surface area contributed by atoms with Gasteiger partial charge in [-0.3, -0.25) is 4.98 Å². The minimum absolute atomic E-state index is 0.193. The number of benzene rings is 2. The Morgan fingerprint density at radius 2 is 1.76 bits per heavy atom. The first-order valence-electron chi connectivity index (χ1n) is 9.24. The summed E-state index contributed by atoms with van der Waals surface area (Å²) in [5.74, 6) is 0.193. The zero-order chi connectivity index (χ0) is 24.4. The summed E-state index contributed by atoms with van der Waals surface area (Å²) < 4.78 is 61.0. The summed E-state index contributed by atoms with van der Waals surface area (Å²) in [6, 6.07) is 17.4. The molecule has 0 unspecified atom stereocenters. The van der Waals surface area contributed by atoms with Crippen LogP contribution in [-0.2, 0) is 17.2 Å². The van der Waals surface area contributed by atoms with E-state index in [1.807, 2.05) is 49.5 Å². The molecule has 0 atom stereocenters. The third-order valence-electron chi connectivity index (χ3n) is 4.67. The van der Waals surface area contributed by atoms with Gasteiger partial charge in [0.05, 0.1) is 0 Å². The Bertz CT molecular complexity index is 1470. The number of hydrogen-bond acceptors (Lipinski definition) is 5. The molecule has 0 radical (unpaired) electrons. The Morgan fingerprint density at radius 3 is 2.42 bits per heavy atom. The third kappa shape index (κ3) is 5.59. The highest BCUT2D eigenvalue weighted by molar-refractivity contribution is 7.86. The van der Waals surface area contributed by atoms with Gasteiger partial charge in [0.15, 0.2) is 10.1 Å². The Hall–Kier alpha value is -3.21. The number of pyridine rings is 2. The van der Waals surface area contributed by atoms with Crippen molar-refractivity contribution in [1.82, 2.24) is 4.98 Å². The van der Waals surface area contributed by atoms with Crippen molar-refractivity contribution in [3.05, 3.63) is 77.1 Å². The van der Waals surface area contributed by atoms with Crippen LogP contribution in [0.15, 0.2) is 60.8 Å². The molecule has 33 heavy (non-hydrogen) atoms. The lowest BCUT2D eigenvalue weighted by Crippen LogP contribution is -2.32. The normalized spacial score (nSPS) is 12.2. The average molecular weight is 497 g/mol. The number of rotatable bonds is 2. The quantitative estimate of drug-likeness (QED) is 0.244. The van der Waals surface area contributed by atoms with Crippen molar-refractivity contribution >= 4 is 55.7 Å². The molecule has 0 saturated heterocycles. The van der Waals surface area contributed by atoms with Gasteiger partial charge in [0.2, 0.25) is 11.2 Å². The van der Waals surface area contributed by atoms with Gasteiger partial charge in [0, 0.05) is 40.2 Å². The molecular weight excluding hydrogens is 481 g/mol. The van der Waals surface area contributed by atoms with Crippen LogP contribution in [0, 0.1) is 0 Å². The van der Waals surface area contributed by atoms with Gasteiger partial charge in [0.25, 0.3) is 0 Å². The topological polar surface area (TPSA) is 94.2 Å². The van der Waals surface area contributed by atoms with E-state index >= 15 is 0 Å². The van der Waals surface area contributed by atoms with E-state index in [0.717, 1.165) is 32.6 Å². The molecular formula is C22H16ClF3N2O4S. The van der Waals surface area contributed by atoms with Crippen molar-refractivity contribution in [2.24, 2.45) is 7.05 Å². The number of fused-ring (bicyclic) bond motifs is 2. The molecule has 0 spiro atoms. The molecule has 2 aromatic heterocycles. The van der Waals surface area contributed by atoms with Gasteiger partial charge in [-0.15, -0.1) is 0 Å². The number of nitrogens with zero attached hydrogens (tertiary/aromatic N) is 2. The van der Waals surface area contributed by atoms with Crippen molar-refractivity contribution in [1.29, 1.82) is 0 Å². The fourth-order valence-electron chi connectivity index (χ4n) is 3.04. The lowest BCUT2D eigenvalue weighted by atomic mass is 10.1. The first kappa shape index (κ1) is 24.4. The molecule has 0 aliphatic heterocycles. The molecule has 2 aromatic carbocycles. The fourth-order valence-corrected chi connectivity index (χ4v) is 3.21. The number of aryl methyl sites for hydroxylation is 1. The largest absolute Gasteiger partial charge is 0.741 e. The van der Waals surface area contributed by atoms with E-state index in [-0.39, 0.29) is 5.75 Å². The molecule has 0 saturated carbocycles. The maximum absolute atomic E-state index is 10.7. The fraction of sp³-hybridized carbons (Fsp3) is 0.0909. The minimum atomic E-state index is -6.09. The molecule has 1 N–H and O–H groups in total. The zero-order valence-corrected chi connectivity index (χ0v) is 18.5. The summed E-state index contributed by atoms with van der Waals surface area (Å²) in [6.45, 7) is 0. The van der Waals surface area contributed by atoms with E-state index in [4.69, 9.17) is 24.6 Å². The van der Waals surface area contributed by atoms with E-state index in [9.17, 15) is 18.3 Å². The summed E-state index contributed by atoms with van der Waals surface area (Å²) in [4.78, 5) is 4.26. The van der Waals surface area contributed by atoms with E-state index in [1.54, 1.807) is 12.3 Å². The maximum Gasteiger partial charge on any atom is 0.485 e. The highest BCUT2D eigenvalue weighted by Crippen LogP contribution is 2.27. The molecule has 172 valence electrons. The highest BCUT2D eigenvalue weighted by Gasteiger charge is 2.36. The average Bonchev–Trinajstić information content (AvgIpc) is 2.74. The van der Waals surface area contributed by atoms with Crippen molar-refractivity contribution in [2.45, 2.75) is 5.51 Å². The first-order chi connectivity index (χ1) is 15.4. The predicted molar refractivity (Wildman–Crippen MR) is 118 cm³/mol. The number of hydrogen-bond donors (Lipinski definition) is 1. The van der Waals surface area contributed by atoms with E-state index in [0.29, 0.717) is 5.52 Å². The first-order valence-corrected chi connectivity index (χ1v) is 11.0. The lowest BCUT2D eigenvalue weighted by Gasteiger charge is -2.08. The number of alkyl halides is 3. The molecule has 6 nitrogen and oxygen atoms in total. The smallest absolute Gasteiger partial charge is 0.485 e.